The Bertz CT molecular complexity index is 3640. The number of ether oxygens (including phenoxy) is 5. The summed E-state index contributed by atoms with van der Waals surface area (Å²) in [4.78, 5) is 35.8. The highest BCUT2D eigenvalue weighted by Crippen LogP contribution is 2.43. The van der Waals surface area contributed by atoms with Crippen molar-refractivity contribution < 1.29 is 50.1 Å². The van der Waals surface area contributed by atoms with Crippen molar-refractivity contribution in [3.8, 4) is 39.8 Å². The Kier molecular flexibility index (Phi) is 16.2. The number of likely N-dealkylation sites (tertiary alicyclic amines) is 1. The number of methoxy groups -OCH3 is 3. The van der Waals surface area contributed by atoms with Crippen LogP contribution in [0.15, 0.2) is 143 Å². The van der Waals surface area contributed by atoms with Crippen LogP contribution in [0.3, 0.4) is 0 Å². The quantitative estimate of drug-likeness (QED) is 0.0627. The Morgan fingerprint density at radius 1 is 0.722 bits per heavy atom. The van der Waals surface area contributed by atoms with E-state index in [1.165, 1.54) is 36.0 Å². The smallest absolute Gasteiger partial charge is 0.410 e. The van der Waals surface area contributed by atoms with Crippen molar-refractivity contribution in [3.05, 3.63) is 156 Å². The maximum absolute atomic E-state index is 16.5. The summed E-state index contributed by atoms with van der Waals surface area (Å²) < 4.78 is 95.6. The van der Waals surface area contributed by atoms with Crippen LogP contribution in [0.1, 0.15) is 43.0 Å². The molecule has 3 heterocycles. The number of nitrogens with zero attached hydrogens (tertiary/aromatic N) is 7. The van der Waals surface area contributed by atoms with Gasteiger partial charge < -0.3 is 44.6 Å². The van der Waals surface area contributed by atoms with Crippen molar-refractivity contribution in [2.75, 3.05) is 40.2 Å². The minimum Gasteiger partial charge on any atom is -0.497 e. The molecule has 9 rings (SSSR count). The van der Waals surface area contributed by atoms with Gasteiger partial charge in [-0.25, -0.2) is 36.1 Å². The van der Waals surface area contributed by atoms with E-state index in [0.717, 1.165) is 9.87 Å². The number of aromatic nitrogens is 6. The summed E-state index contributed by atoms with van der Waals surface area (Å²) in [5.41, 5.74) is 8.86. The van der Waals surface area contributed by atoms with Crippen molar-refractivity contribution in [3.63, 3.8) is 0 Å². The number of anilines is 1. The first-order valence-corrected chi connectivity index (χ1v) is 27.8. The molecule has 0 spiro atoms. The molecule has 0 unspecified atom stereocenters. The molecule has 2 amide bonds. The molecule has 5 N–H and O–H groups in total. The number of carbonyl (C=O) groups excluding carboxylic acids is 2. The lowest BCUT2D eigenvalue weighted by molar-refractivity contribution is 0.0287. The fraction of sp³-hybridized carbons (Fsp3) is 0.273. The van der Waals surface area contributed by atoms with Gasteiger partial charge in [0.1, 0.15) is 39.2 Å². The van der Waals surface area contributed by atoms with E-state index in [-0.39, 0.29) is 62.2 Å². The van der Waals surface area contributed by atoms with Gasteiger partial charge in [-0.15, -0.1) is 10.2 Å². The highest BCUT2D eigenvalue weighted by molar-refractivity contribution is 7.92. The molecule has 2 atom stereocenters. The number of fused-ring (bicyclic) bond motifs is 1. The summed E-state index contributed by atoms with van der Waals surface area (Å²) in [5.74, 6) is 1.47. The Morgan fingerprint density at radius 2 is 1.32 bits per heavy atom. The van der Waals surface area contributed by atoms with Crippen LogP contribution >= 0.6 is 0 Å². The molecule has 412 valence electrons. The molecule has 1 aliphatic rings. The number of para-hydroxylation sites is 1. The average Bonchev–Trinajstić information content (AvgIpc) is 4.39. The highest BCUT2D eigenvalue weighted by atomic mass is 32.2. The molecular weight excluding hydrogens is 1050 g/mol. The number of carbonyl (C=O) groups is 2. The number of alkyl carbamates (subject to hydrolysis) is 1. The summed E-state index contributed by atoms with van der Waals surface area (Å²) in [6.45, 7) is 3.93. The van der Waals surface area contributed by atoms with Crippen molar-refractivity contribution in [2.45, 2.75) is 74.5 Å². The third-order valence-electron chi connectivity index (χ3n) is 12.8. The maximum atomic E-state index is 16.5. The van der Waals surface area contributed by atoms with E-state index in [9.17, 15) is 9.59 Å². The molecule has 8 aromatic rings. The molecular formula is C55H59N11O11S2. The highest BCUT2D eigenvalue weighted by Gasteiger charge is 2.44. The van der Waals surface area contributed by atoms with E-state index >= 15 is 16.8 Å². The van der Waals surface area contributed by atoms with E-state index in [1.54, 1.807) is 143 Å². The number of benzene rings is 6. The molecule has 1 fully saturated rings. The number of rotatable bonds is 19. The second-order valence-corrected chi connectivity index (χ2v) is 23.1. The van der Waals surface area contributed by atoms with Crippen LogP contribution in [-0.4, -0.2) is 121 Å². The first kappa shape index (κ1) is 55.2. The normalized spacial score (nSPS) is 14.8. The van der Waals surface area contributed by atoms with Crippen molar-refractivity contribution in [1.29, 1.82) is 0 Å². The predicted octanol–water partition coefficient (Wildman–Crippen LogP) is 7.12. The number of imidazole rings is 1. The van der Waals surface area contributed by atoms with Crippen LogP contribution in [0.2, 0.25) is 0 Å². The topological polar surface area (TPSA) is 277 Å². The van der Waals surface area contributed by atoms with Gasteiger partial charge in [-0.05, 0) is 102 Å². The molecule has 0 saturated carbocycles. The summed E-state index contributed by atoms with van der Waals surface area (Å²) in [6, 6.07) is 35.0. The molecule has 24 heteroatoms. The number of H-pyrrole nitrogens is 1. The summed E-state index contributed by atoms with van der Waals surface area (Å²) in [6.07, 6.45) is -1.68. The van der Waals surface area contributed by atoms with Gasteiger partial charge in [-0.3, -0.25) is 0 Å². The summed E-state index contributed by atoms with van der Waals surface area (Å²) >= 11 is 0. The minimum absolute atomic E-state index is 0.0677. The number of nitrogen functional groups attached to an aromatic ring is 1. The van der Waals surface area contributed by atoms with Gasteiger partial charge in [-0.1, -0.05) is 84.9 Å². The van der Waals surface area contributed by atoms with Crippen molar-refractivity contribution >= 4 is 49.2 Å². The molecule has 0 bridgehead atoms. The van der Waals surface area contributed by atoms with Crippen molar-refractivity contribution in [1.82, 2.24) is 49.4 Å². The Morgan fingerprint density at radius 3 is 1.91 bits per heavy atom. The molecule has 6 aromatic carbocycles. The largest absolute Gasteiger partial charge is 0.497 e. The first-order valence-electron chi connectivity index (χ1n) is 24.9. The number of hydrogen-bond acceptors (Lipinski definition) is 16. The number of sulfonamides is 2. The van der Waals surface area contributed by atoms with Crippen LogP contribution in [0.4, 0.5) is 15.5 Å². The Balaban J connectivity index is 1.24. The second kappa shape index (κ2) is 23.2. The van der Waals surface area contributed by atoms with Crippen molar-refractivity contribution in [2.24, 2.45) is 0 Å². The number of amides is 2. The average molecular weight is 1110 g/mol. The fourth-order valence-corrected chi connectivity index (χ4v) is 12.7. The monoisotopic (exact) mass is 1110 g/mol. The van der Waals surface area contributed by atoms with Gasteiger partial charge in [0.05, 0.1) is 56.6 Å². The third kappa shape index (κ3) is 12.9. The third-order valence-corrected chi connectivity index (χ3v) is 16.4. The zero-order chi connectivity index (χ0) is 56.1. The van der Waals surface area contributed by atoms with E-state index in [2.05, 4.69) is 30.3 Å². The summed E-state index contributed by atoms with van der Waals surface area (Å²) in [5, 5.41) is 16.3. The van der Waals surface area contributed by atoms with Crippen LogP contribution in [0, 0.1) is 0 Å². The van der Waals surface area contributed by atoms with Gasteiger partial charge in [0.2, 0.25) is 25.9 Å². The number of tetrazole rings is 1. The van der Waals surface area contributed by atoms with Gasteiger partial charge in [0.15, 0.2) is 5.95 Å². The van der Waals surface area contributed by atoms with E-state index in [1.807, 2.05) is 6.07 Å². The standard InChI is InChI=1S/C55H59N11O11S2/c1-55(2,3)77-54(68)64-32-45(58-53(67)76-34-38-11-8-7-9-12-38)46(33-64)62-78(69,70)47-28-27-42(43-13-10-14-44-49(43)59-52(56)57-44)48(51-60-63-66(61-51)31-37-19-25-41(75-6)26-20-37)50(47)79(71,72)65(29-35-15-21-39(73-4)22-16-35)30-36-17-23-40(74-5)24-18-36/h7-28,45-46,62H,29-34H2,1-6H3,(H,58,67)(H3,56,57,59)/t45-,46-/m1/s1. The molecule has 2 aromatic heterocycles. The number of nitrogens with one attached hydrogen (secondary N) is 3. The first-order chi connectivity index (χ1) is 37.8. The van der Waals surface area contributed by atoms with Gasteiger partial charge >= 0.3 is 12.2 Å². The van der Waals surface area contributed by atoms with E-state index in [4.69, 9.17) is 34.5 Å². The van der Waals surface area contributed by atoms with Crippen LogP contribution in [-0.2, 0) is 55.8 Å². The lowest BCUT2D eigenvalue weighted by Gasteiger charge is -2.27. The minimum atomic E-state index is -5.11. The van der Waals surface area contributed by atoms with Crippen LogP contribution in [0.5, 0.6) is 17.2 Å². The van der Waals surface area contributed by atoms with E-state index in [0.29, 0.717) is 50.5 Å². The molecule has 0 aliphatic carbocycles. The van der Waals surface area contributed by atoms with E-state index < -0.39 is 59.7 Å². The second-order valence-electron chi connectivity index (χ2n) is 19.5. The Hall–Kier alpha value is -8.58. The molecule has 22 nitrogen and oxygen atoms in total. The lowest BCUT2D eigenvalue weighted by atomic mass is 9.98. The lowest BCUT2D eigenvalue weighted by Crippen LogP contribution is -2.51. The van der Waals surface area contributed by atoms with Gasteiger partial charge in [0.25, 0.3) is 0 Å². The van der Waals surface area contributed by atoms with Crippen LogP contribution in [0.25, 0.3) is 33.5 Å². The maximum Gasteiger partial charge on any atom is 0.410 e. The molecule has 0 radical (unpaired) electrons. The zero-order valence-electron chi connectivity index (χ0n) is 44.1. The number of aromatic amines is 1. The molecule has 1 aliphatic heterocycles. The summed E-state index contributed by atoms with van der Waals surface area (Å²) in [7, 11) is -5.62. The van der Waals surface area contributed by atoms with Gasteiger partial charge in [0, 0.05) is 31.7 Å². The molecule has 79 heavy (non-hydrogen) atoms. The fourth-order valence-electron chi connectivity index (χ4n) is 9.00. The van der Waals surface area contributed by atoms with Crippen LogP contribution < -0.4 is 30.0 Å². The molecule has 1 saturated heterocycles. The number of nitrogens with two attached hydrogens (primary N) is 1. The Labute approximate surface area is 456 Å². The number of hydrogen-bond donors (Lipinski definition) is 4. The predicted molar refractivity (Wildman–Crippen MR) is 293 cm³/mol. The SMILES string of the molecule is COc1ccc(CN(Cc2ccc(OC)cc2)S(=O)(=O)c2c(S(=O)(=O)N[C@@H]3CN(C(=O)OC(C)(C)C)C[C@H]3NC(=O)OCc3ccccc3)ccc(-c3cccc4[nH]c(N)nc34)c2-c2nnn(Cc3ccc(OC)cc3)n2)cc1. The zero-order valence-corrected chi connectivity index (χ0v) is 45.7. The van der Waals surface area contributed by atoms with Gasteiger partial charge in [-0.2, -0.15) is 9.10 Å².